The Labute approximate surface area is 176 Å². The Kier molecular flexibility index (Phi) is 11.6. The molecule has 0 aliphatic rings. The van der Waals surface area contributed by atoms with Gasteiger partial charge in [0.1, 0.15) is 5.75 Å². The van der Waals surface area contributed by atoms with E-state index in [1.165, 1.54) is 31.2 Å². The van der Waals surface area contributed by atoms with Gasteiger partial charge < -0.3 is 4.74 Å². The van der Waals surface area contributed by atoms with E-state index in [1.54, 1.807) is 0 Å². The molecule has 0 saturated heterocycles. The van der Waals surface area contributed by atoms with Gasteiger partial charge in [-0.15, -0.1) is 0 Å². The highest BCUT2D eigenvalue weighted by molar-refractivity contribution is 5.26. The Morgan fingerprint density at radius 1 is 0.714 bits per heavy atom. The summed E-state index contributed by atoms with van der Waals surface area (Å²) >= 11 is 0. The third-order valence-corrected chi connectivity index (χ3v) is 6.42. The van der Waals surface area contributed by atoms with Gasteiger partial charge in [-0.3, -0.25) is 0 Å². The van der Waals surface area contributed by atoms with Gasteiger partial charge in [-0.25, -0.2) is 0 Å². The Morgan fingerprint density at radius 2 is 1.25 bits per heavy atom. The lowest BCUT2D eigenvalue weighted by Crippen LogP contribution is -2.15. The normalized spacial score (nSPS) is 17.5. The minimum Gasteiger partial charge on any atom is -0.493 e. The standard InChI is InChI=1S/C27H46O/c1-20(2)9-13-23(5)25(7)15-16-26(8)24(6)14-10-22(4)19-28-27-17-11-21(3)12-18-27/h9,11-13,17-18,20,22-26H,10,14-16,19H2,1-8H3/b13-9-. The number of ether oxygens (including phenoxy) is 1. The number of aryl methyl sites for hydroxylation is 1. The van der Waals surface area contributed by atoms with E-state index in [0.717, 1.165) is 30.1 Å². The minimum absolute atomic E-state index is 0.607. The SMILES string of the molecule is Cc1ccc(OCC(C)CCC(C)C(C)CCC(C)C(C)/C=C\C(C)C)cc1. The van der Waals surface area contributed by atoms with Gasteiger partial charge in [0.05, 0.1) is 6.61 Å². The zero-order valence-corrected chi connectivity index (χ0v) is 19.9. The molecule has 1 heteroatoms. The average Bonchev–Trinajstić information content (AvgIpc) is 2.67. The van der Waals surface area contributed by atoms with Gasteiger partial charge in [0.15, 0.2) is 0 Å². The largest absolute Gasteiger partial charge is 0.493 e. The predicted molar refractivity (Wildman–Crippen MR) is 125 cm³/mol. The maximum atomic E-state index is 5.95. The van der Waals surface area contributed by atoms with Crippen LogP contribution in [0.4, 0.5) is 0 Å². The molecule has 160 valence electrons. The molecule has 0 aliphatic carbocycles. The summed E-state index contributed by atoms with van der Waals surface area (Å²) in [5.41, 5.74) is 1.28. The summed E-state index contributed by atoms with van der Waals surface area (Å²) in [6.45, 7) is 19.4. The van der Waals surface area contributed by atoms with E-state index < -0.39 is 0 Å². The minimum atomic E-state index is 0.607. The molecule has 0 N–H and O–H groups in total. The van der Waals surface area contributed by atoms with Crippen LogP contribution in [0.2, 0.25) is 0 Å². The van der Waals surface area contributed by atoms with Crippen LogP contribution in [-0.4, -0.2) is 6.61 Å². The number of hydrogen-bond donors (Lipinski definition) is 0. The van der Waals surface area contributed by atoms with Gasteiger partial charge >= 0.3 is 0 Å². The summed E-state index contributed by atoms with van der Waals surface area (Å²) < 4.78 is 5.95. The van der Waals surface area contributed by atoms with Crippen LogP contribution >= 0.6 is 0 Å². The Balaban J connectivity index is 2.25. The fourth-order valence-electron chi connectivity index (χ4n) is 3.45. The lowest BCUT2D eigenvalue weighted by Gasteiger charge is -2.24. The topological polar surface area (TPSA) is 9.23 Å². The van der Waals surface area contributed by atoms with Gasteiger partial charge in [0, 0.05) is 0 Å². The van der Waals surface area contributed by atoms with Crippen molar-refractivity contribution in [3.63, 3.8) is 0 Å². The molecule has 5 atom stereocenters. The molecular formula is C27H46O. The zero-order chi connectivity index (χ0) is 21.1. The lowest BCUT2D eigenvalue weighted by molar-refractivity contribution is 0.229. The number of allylic oxidation sites excluding steroid dienone is 2. The molecule has 0 heterocycles. The molecular weight excluding hydrogens is 340 g/mol. The van der Waals surface area contributed by atoms with Gasteiger partial charge in [-0.05, 0) is 67.4 Å². The van der Waals surface area contributed by atoms with E-state index >= 15 is 0 Å². The van der Waals surface area contributed by atoms with Crippen LogP contribution in [0.5, 0.6) is 5.75 Å². The molecule has 28 heavy (non-hydrogen) atoms. The summed E-state index contributed by atoms with van der Waals surface area (Å²) in [6.07, 6.45) is 10.0. The zero-order valence-electron chi connectivity index (χ0n) is 19.9. The predicted octanol–water partition coefficient (Wildman–Crippen LogP) is 8.33. The van der Waals surface area contributed by atoms with Crippen molar-refractivity contribution in [1.29, 1.82) is 0 Å². The maximum absolute atomic E-state index is 5.95. The maximum Gasteiger partial charge on any atom is 0.119 e. The van der Waals surface area contributed by atoms with Gasteiger partial charge in [0.25, 0.3) is 0 Å². The summed E-state index contributed by atoms with van der Waals surface area (Å²) in [4.78, 5) is 0. The molecule has 0 bridgehead atoms. The van der Waals surface area contributed by atoms with Crippen molar-refractivity contribution in [3.05, 3.63) is 42.0 Å². The van der Waals surface area contributed by atoms with Crippen LogP contribution < -0.4 is 4.74 Å². The van der Waals surface area contributed by atoms with Crippen LogP contribution in [0, 0.1) is 42.4 Å². The van der Waals surface area contributed by atoms with E-state index in [0.29, 0.717) is 17.8 Å². The Morgan fingerprint density at radius 3 is 1.82 bits per heavy atom. The van der Waals surface area contributed by atoms with E-state index in [1.807, 2.05) is 0 Å². The second-order valence-corrected chi connectivity index (χ2v) is 9.80. The van der Waals surface area contributed by atoms with Crippen molar-refractivity contribution < 1.29 is 4.74 Å². The van der Waals surface area contributed by atoms with E-state index in [9.17, 15) is 0 Å². The molecule has 0 amide bonds. The fraction of sp³-hybridized carbons (Fsp3) is 0.704. The number of benzene rings is 1. The summed E-state index contributed by atoms with van der Waals surface area (Å²) in [6, 6.07) is 8.38. The number of hydrogen-bond acceptors (Lipinski definition) is 1. The third kappa shape index (κ3) is 10.3. The van der Waals surface area contributed by atoms with Crippen LogP contribution in [0.1, 0.15) is 79.7 Å². The van der Waals surface area contributed by atoms with Crippen LogP contribution in [0.15, 0.2) is 36.4 Å². The summed E-state index contributed by atoms with van der Waals surface area (Å²) in [5.74, 6) is 5.30. The van der Waals surface area contributed by atoms with Crippen molar-refractivity contribution in [3.8, 4) is 5.75 Å². The van der Waals surface area contributed by atoms with Gasteiger partial charge in [0.2, 0.25) is 0 Å². The monoisotopic (exact) mass is 386 g/mol. The molecule has 0 radical (unpaired) electrons. The quantitative estimate of drug-likeness (QED) is 0.310. The van der Waals surface area contributed by atoms with Crippen LogP contribution in [-0.2, 0) is 0 Å². The Hall–Kier alpha value is -1.24. The van der Waals surface area contributed by atoms with Gasteiger partial charge in [-0.2, -0.15) is 0 Å². The first-order valence-electron chi connectivity index (χ1n) is 11.6. The molecule has 0 fully saturated rings. The van der Waals surface area contributed by atoms with Crippen molar-refractivity contribution >= 4 is 0 Å². The lowest BCUT2D eigenvalue weighted by atomic mass is 9.82. The first-order chi connectivity index (χ1) is 13.2. The van der Waals surface area contributed by atoms with Crippen molar-refractivity contribution in [2.24, 2.45) is 35.5 Å². The highest BCUT2D eigenvalue weighted by Gasteiger charge is 2.17. The molecule has 0 aromatic heterocycles. The third-order valence-electron chi connectivity index (χ3n) is 6.42. The molecule has 0 saturated carbocycles. The van der Waals surface area contributed by atoms with Crippen LogP contribution in [0.25, 0.3) is 0 Å². The number of rotatable bonds is 13. The summed E-state index contributed by atoms with van der Waals surface area (Å²) in [7, 11) is 0. The molecule has 1 nitrogen and oxygen atoms in total. The van der Waals surface area contributed by atoms with Crippen LogP contribution in [0.3, 0.4) is 0 Å². The molecule has 1 aromatic rings. The van der Waals surface area contributed by atoms with Crippen molar-refractivity contribution in [2.75, 3.05) is 6.61 Å². The fourth-order valence-corrected chi connectivity index (χ4v) is 3.45. The van der Waals surface area contributed by atoms with E-state index in [-0.39, 0.29) is 0 Å². The smallest absolute Gasteiger partial charge is 0.119 e. The second-order valence-electron chi connectivity index (χ2n) is 9.80. The molecule has 0 aliphatic heterocycles. The first kappa shape index (κ1) is 24.8. The van der Waals surface area contributed by atoms with E-state index in [4.69, 9.17) is 4.74 Å². The molecule has 0 spiro atoms. The average molecular weight is 387 g/mol. The molecule has 1 aromatic carbocycles. The molecule has 1 rings (SSSR count). The molecule has 5 unspecified atom stereocenters. The second kappa shape index (κ2) is 13.1. The van der Waals surface area contributed by atoms with E-state index in [2.05, 4.69) is 91.8 Å². The first-order valence-corrected chi connectivity index (χ1v) is 11.6. The van der Waals surface area contributed by atoms with Crippen molar-refractivity contribution in [1.82, 2.24) is 0 Å². The highest BCUT2D eigenvalue weighted by atomic mass is 16.5. The highest BCUT2D eigenvalue weighted by Crippen LogP contribution is 2.28. The van der Waals surface area contributed by atoms with Gasteiger partial charge in [-0.1, -0.05) is 91.2 Å². The van der Waals surface area contributed by atoms with Crippen molar-refractivity contribution in [2.45, 2.75) is 81.1 Å². The summed E-state index contributed by atoms with van der Waals surface area (Å²) in [5, 5.41) is 0. The Bertz CT molecular complexity index is 542.